The standard InChI is InChI=1S/C17H27N3O3S/c1-12(2)20-24(22,23)15-8-5-7-13(10-15)17(21)19-16-9-4-3-6-14(16)11-18/h5,7-8,10,12,14,16,20H,3-4,6,9,11,18H2,1-2H3,(H,19,21). The Balaban J connectivity index is 2.14. The van der Waals surface area contributed by atoms with Crippen molar-refractivity contribution in [1.29, 1.82) is 0 Å². The molecule has 134 valence electrons. The topological polar surface area (TPSA) is 101 Å². The fourth-order valence-electron chi connectivity index (χ4n) is 3.11. The predicted octanol–water partition coefficient (Wildman–Crippen LogP) is 1.62. The highest BCUT2D eigenvalue weighted by Crippen LogP contribution is 2.24. The molecule has 2 unspecified atom stereocenters. The molecular formula is C17H27N3O3S. The molecule has 1 aliphatic carbocycles. The number of nitrogens with one attached hydrogen (secondary N) is 2. The minimum atomic E-state index is -3.61. The lowest BCUT2D eigenvalue weighted by atomic mass is 9.84. The van der Waals surface area contributed by atoms with Gasteiger partial charge in [-0.25, -0.2) is 13.1 Å². The summed E-state index contributed by atoms with van der Waals surface area (Å²) in [5.41, 5.74) is 6.15. The largest absolute Gasteiger partial charge is 0.349 e. The second-order valence-corrected chi connectivity index (χ2v) is 8.38. The molecule has 2 rings (SSSR count). The van der Waals surface area contributed by atoms with E-state index in [1.54, 1.807) is 26.0 Å². The van der Waals surface area contributed by atoms with Gasteiger partial charge >= 0.3 is 0 Å². The van der Waals surface area contributed by atoms with Crippen LogP contribution in [0, 0.1) is 5.92 Å². The number of hydrogen-bond donors (Lipinski definition) is 3. The lowest BCUT2D eigenvalue weighted by molar-refractivity contribution is 0.0908. The molecule has 0 heterocycles. The molecule has 1 aliphatic rings. The molecule has 1 aromatic carbocycles. The Morgan fingerprint density at radius 3 is 2.67 bits per heavy atom. The molecular weight excluding hydrogens is 326 g/mol. The van der Waals surface area contributed by atoms with Crippen LogP contribution in [0.5, 0.6) is 0 Å². The van der Waals surface area contributed by atoms with Crippen molar-refractivity contribution < 1.29 is 13.2 Å². The fraction of sp³-hybridized carbons (Fsp3) is 0.588. The monoisotopic (exact) mass is 353 g/mol. The van der Waals surface area contributed by atoms with Gasteiger partial charge in [-0.2, -0.15) is 0 Å². The van der Waals surface area contributed by atoms with Gasteiger partial charge in [-0.15, -0.1) is 0 Å². The van der Waals surface area contributed by atoms with Crippen molar-refractivity contribution in [3.8, 4) is 0 Å². The van der Waals surface area contributed by atoms with Crippen molar-refractivity contribution in [2.75, 3.05) is 6.54 Å². The van der Waals surface area contributed by atoms with Crippen molar-refractivity contribution in [3.63, 3.8) is 0 Å². The summed E-state index contributed by atoms with van der Waals surface area (Å²) in [6.45, 7) is 4.06. The molecule has 24 heavy (non-hydrogen) atoms. The summed E-state index contributed by atoms with van der Waals surface area (Å²) in [6, 6.07) is 5.98. The number of amides is 1. The van der Waals surface area contributed by atoms with Gasteiger partial charge in [0, 0.05) is 17.6 Å². The molecule has 1 aromatic rings. The van der Waals surface area contributed by atoms with E-state index >= 15 is 0 Å². The Labute approximate surface area is 144 Å². The molecule has 1 fully saturated rings. The summed E-state index contributed by atoms with van der Waals surface area (Å²) in [4.78, 5) is 12.6. The van der Waals surface area contributed by atoms with Gasteiger partial charge in [-0.3, -0.25) is 4.79 Å². The number of sulfonamides is 1. The minimum absolute atomic E-state index is 0.0605. The first-order valence-corrected chi connectivity index (χ1v) is 9.95. The Morgan fingerprint density at radius 1 is 1.29 bits per heavy atom. The summed E-state index contributed by atoms with van der Waals surface area (Å²) >= 11 is 0. The van der Waals surface area contributed by atoms with Crippen LogP contribution in [0.25, 0.3) is 0 Å². The molecule has 1 amide bonds. The second-order valence-electron chi connectivity index (χ2n) is 6.66. The quantitative estimate of drug-likeness (QED) is 0.723. The maximum Gasteiger partial charge on any atom is 0.251 e. The van der Waals surface area contributed by atoms with E-state index in [1.165, 1.54) is 12.1 Å². The van der Waals surface area contributed by atoms with Crippen LogP contribution >= 0.6 is 0 Å². The molecule has 0 spiro atoms. The van der Waals surface area contributed by atoms with Crippen molar-refractivity contribution in [1.82, 2.24) is 10.0 Å². The molecule has 0 saturated heterocycles. The van der Waals surface area contributed by atoms with E-state index in [2.05, 4.69) is 10.0 Å². The zero-order valence-corrected chi connectivity index (χ0v) is 15.1. The van der Waals surface area contributed by atoms with E-state index in [4.69, 9.17) is 5.73 Å². The molecule has 0 aliphatic heterocycles. The van der Waals surface area contributed by atoms with E-state index in [0.717, 1.165) is 25.7 Å². The van der Waals surface area contributed by atoms with Crippen LogP contribution in [0.1, 0.15) is 49.9 Å². The Morgan fingerprint density at radius 2 is 2.00 bits per heavy atom. The van der Waals surface area contributed by atoms with E-state index in [1.807, 2.05) is 0 Å². The van der Waals surface area contributed by atoms with Gasteiger partial charge in [0.2, 0.25) is 10.0 Å². The highest BCUT2D eigenvalue weighted by Gasteiger charge is 2.26. The number of carbonyl (C=O) groups excluding carboxylic acids is 1. The van der Waals surface area contributed by atoms with E-state index in [-0.39, 0.29) is 28.8 Å². The third kappa shape index (κ3) is 4.78. The summed E-state index contributed by atoms with van der Waals surface area (Å²) in [5.74, 6) is 0.0409. The van der Waals surface area contributed by atoms with Crippen LogP contribution in [0.3, 0.4) is 0 Å². The normalized spacial score (nSPS) is 21.7. The molecule has 0 aromatic heterocycles. The van der Waals surface area contributed by atoms with Crippen LogP contribution in [0.2, 0.25) is 0 Å². The maximum absolute atomic E-state index is 12.5. The molecule has 0 radical (unpaired) electrons. The van der Waals surface area contributed by atoms with Gasteiger partial charge in [0.15, 0.2) is 0 Å². The van der Waals surface area contributed by atoms with Crippen LogP contribution < -0.4 is 15.8 Å². The number of carbonyl (C=O) groups is 1. The number of nitrogens with two attached hydrogens (primary N) is 1. The third-order valence-corrected chi connectivity index (χ3v) is 5.98. The van der Waals surface area contributed by atoms with Gasteiger partial charge in [0.05, 0.1) is 4.90 Å². The first-order chi connectivity index (χ1) is 11.3. The van der Waals surface area contributed by atoms with Gasteiger partial charge < -0.3 is 11.1 Å². The SMILES string of the molecule is CC(C)NS(=O)(=O)c1cccc(C(=O)NC2CCCCC2CN)c1. The Kier molecular flexibility index (Phi) is 6.37. The first kappa shape index (κ1) is 18.9. The predicted molar refractivity (Wildman–Crippen MR) is 94.2 cm³/mol. The van der Waals surface area contributed by atoms with E-state index in [0.29, 0.717) is 12.1 Å². The molecule has 4 N–H and O–H groups in total. The van der Waals surface area contributed by atoms with E-state index < -0.39 is 10.0 Å². The smallest absolute Gasteiger partial charge is 0.251 e. The van der Waals surface area contributed by atoms with Crippen molar-refractivity contribution in [2.24, 2.45) is 11.7 Å². The van der Waals surface area contributed by atoms with Gasteiger partial charge in [0.1, 0.15) is 0 Å². The van der Waals surface area contributed by atoms with Gasteiger partial charge in [0.25, 0.3) is 5.91 Å². The molecule has 0 bridgehead atoms. The van der Waals surface area contributed by atoms with Crippen molar-refractivity contribution in [3.05, 3.63) is 29.8 Å². The molecule has 1 saturated carbocycles. The van der Waals surface area contributed by atoms with Gasteiger partial charge in [-0.05, 0) is 57.4 Å². The van der Waals surface area contributed by atoms with E-state index in [9.17, 15) is 13.2 Å². The lowest BCUT2D eigenvalue weighted by Crippen LogP contribution is -2.44. The highest BCUT2D eigenvalue weighted by atomic mass is 32.2. The van der Waals surface area contributed by atoms with Crippen LogP contribution in [0.15, 0.2) is 29.2 Å². The maximum atomic E-state index is 12.5. The van der Waals surface area contributed by atoms with Gasteiger partial charge in [-0.1, -0.05) is 18.9 Å². The summed E-state index contributed by atoms with van der Waals surface area (Å²) in [7, 11) is -3.61. The molecule has 7 heteroatoms. The summed E-state index contributed by atoms with van der Waals surface area (Å²) < 4.78 is 27.0. The fourth-order valence-corrected chi connectivity index (χ4v) is 4.41. The number of rotatable bonds is 6. The minimum Gasteiger partial charge on any atom is -0.349 e. The average Bonchev–Trinajstić information content (AvgIpc) is 2.54. The highest BCUT2D eigenvalue weighted by molar-refractivity contribution is 7.89. The zero-order valence-electron chi connectivity index (χ0n) is 14.3. The second kappa shape index (κ2) is 8.09. The molecule has 6 nitrogen and oxygen atoms in total. The van der Waals surface area contributed by atoms with Crippen LogP contribution in [-0.4, -0.2) is 33.0 Å². The first-order valence-electron chi connectivity index (χ1n) is 8.47. The average molecular weight is 353 g/mol. The lowest BCUT2D eigenvalue weighted by Gasteiger charge is -2.31. The zero-order chi connectivity index (χ0) is 17.7. The summed E-state index contributed by atoms with van der Waals surface area (Å²) in [5, 5.41) is 3.02. The summed E-state index contributed by atoms with van der Waals surface area (Å²) in [6.07, 6.45) is 4.16. The van der Waals surface area contributed by atoms with Crippen molar-refractivity contribution >= 4 is 15.9 Å². The number of hydrogen-bond acceptors (Lipinski definition) is 4. The Bertz CT molecular complexity index is 673. The Hall–Kier alpha value is -1.44. The number of benzene rings is 1. The third-order valence-electron chi connectivity index (χ3n) is 4.33. The van der Waals surface area contributed by atoms with Crippen LogP contribution in [0.4, 0.5) is 0 Å². The van der Waals surface area contributed by atoms with Crippen LogP contribution in [-0.2, 0) is 10.0 Å². The van der Waals surface area contributed by atoms with Crippen molar-refractivity contribution in [2.45, 2.75) is 56.5 Å². The molecule has 2 atom stereocenters.